The molecule has 1 saturated heterocycles. The molecule has 0 saturated carbocycles. The van der Waals surface area contributed by atoms with Crippen LogP contribution in [-0.2, 0) is 0 Å². The van der Waals surface area contributed by atoms with Gasteiger partial charge in [-0.15, -0.1) is 0 Å². The van der Waals surface area contributed by atoms with E-state index in [-0.39, 0.29) is 0 Å². The number of likely N-dealkylation sites (tertiary alicyclic amines) is 1. The average Bonchev–Trinajstić information content (AvgIpc) is 2.48. The number of hydrogen-bond donors (Lipinski definition) is 0. The Labute approximate surface area is 115 Å². The van der Waals surface area contributed by atoms with Crippen LogP contribution in [0.4, 0.5) is 0 Å². The molecule has 2 heteroatoms. The Balaban J connectivity index is 1.82. The lowest BCUT2D eigenvalue weighted by atomic mass is 9.90. The lowest BCUT2D eigenvalue weighted by Crippen LogP contribution is -2.33. The summed E-state index contributed by atoms with van der Waals surface area (Å²) in [4.78, 5) is 7.27. The number of rotatable bonds is 3. The van der Waals surface area contributed by atoms with Gasteiger partial charge in [0, 0.05) is 17.5 Å². The maximum Gasteiger partial charge on any atom is 0.0513 e. The molecule has 1 fully saturated rings. The van der Waals surface area contributed by atoms with E-state index in [1.807, 2.05) is 6.20 Å². The fourth-order valence-electron chi connectivity index (χ4n) is 3.21. The Morgan fingerprint density at radius 2 is 1.95 bits per heavy atom. The van der Waals surface area contributed by atoms with E-state index in [9.17, 15) is 0 Å². The van der Waals surface area contributed by atoms with Crippen LogP contribution in [0, 0.1) is 0 Å². The molecule has 1 aliphatic heterocycles. The number of aromatic nitrogens is 1. The van der Waals surface area contributed by atoms with Crippen molar-refractivity contribution in [1.29, 1.82) is 0 Å². The fraction of sp³-hybridized carbons (Fsp3) is 0.471. The van der Waals surface area contributed by atoms with E-state index in [4.69, 9.17) is 0 Å². The first-order chi connectivity index (χ1) is 9.38. The third-order valence-corrected chi connectivity index (χ3v) is 4.22. The van der Waals surface area contributed by atoms with E-state index in [2.05, 4.69) is 47.1 Å². The van der Waals surface area contributed by atoms with Crippen LogP contribution < -0.4 is 0 Å². The normalized spacial score (nSPS) is 17.9. The van der Waals surface area contributed by atoms with Crippen molar-refractivity contribution < 1.29 is 0 Å². The van der Waals surface area contributed by atoms with Crippen LogP contribution >= 0.6 is 0 Å². The van der Waals surface area contributed by atoms with Crippen LogP contribution in [0.15, 0.2) is 36.5 Å². The van der Waals surface area contributed by atoms with Gasteiger partial charge in [0.2, 0.25) is 0 Å². The van der Waals surface area contributed by atoms with E-state index in [0.717, 1.165) is 0 Å². The Morgan fingerprint density at radius 3 is 2.74 bits per heavy atom. The molecule has 0 bridgehead atoms. The molecule has 1 aromatic carbocycles. The van der Waals surface area contributed by atoms with Crippen molar-refractivity contribution in [2.24, 2.45) is 0 Å². The minimum absolute atomic E-state index is 0.638. The highest BCUT2D eigenvalue weighted by Gasteiger charge is 2.22. The van der Waals surface area contributed by atoms with Crippen LogP contribution in [-0.4, -0.2) is 29.5 Å². The highest BCUT2D eigenvalue weighted by atomic mass is 15.1. The summed E-state index contributed by atoms with van der Waals surface area (Å²) < 4.78 is 0. The molecule has 2 heterocycles. The molecule has 1 aliphatic rings. The maximum absolute atomic E-state index is 4.68. The minimum Gasteiger partial charge on any atom is -0.303 e. The number of fused-ring (bicyclic) bond motifs is 1. The highest BCUT2D eigenvalue weighted by Crippen LogP contribution is 2.31. The SMILES string of the molecule is CCCN1CCC(c2nccc3ccccc23)CC1. The number of hydrogen-bond acceptors (Lipinski definition) is 2. The zero-order valence-corrected chi connectivity index (χ0v) is 11.7. The van der Waals surface area contributed by atoms with Crippen LogP contribution in [0.2, 0.25) is 0 Å². The van der Waals surface area contributed by atoms with Gasteiger partial charge in [-0.05, 0) is 50.3 Å². The van der Waals surface area contributed by atoms with Crippen molar-refractivity contribution in [2.45, 2.75) is 32.1 Å². The van der Waals surface area contributed by atoms with Crippen molar-refractivity contribution in [3.8, 4) is 0 Å². The van der Waals surface area contributed by atoms with Gasteiger partial charge in [0.15, 0.2) is 0 Å². The van der Waals surface area contributed by atoms with Gasteiger partial charge in [-0.2, -0.15) is 0 Å². The first-order valence-corrected chi connectivity index (χ1v) is 7.44. The summed E-state index contributed by atoms with van der Waals surface area (Å²) >= 11 is 0. The van der Waals surface area contributed by atoms with E-state index >= 15 is 0 Å². The summed E-state index contributed by atoms with van der Waals surface area (Å²) in [6, 6.07) is 10.8. The monoisotopic (exact) mass is 254 g/mol. The van der Waals surface area contributed by atoms with Gasteiger partial charge in [0.05, 0.1) is 5.69 Å². The first kappa shape index (κ1) is 12.6. The molecule has 0 spiro atoms. The lowest BCUT2D eigenvalue weighted by Gasteiger charge is -2.31. The van der Waals surface area contributed by atoms with Crippen molar-refractivity contribution in [2.75, 3.05) is 19.6 Å². The summed E-state index contributed by atoms with van der Waals surface area (Å²) in [7, 11) is 0. The fourth-order valence-corrected chi connectivity index (χ4v) is 3.21. The zero-order valence-electron chi connectivity index (χ0n) is 11.7. The molecule has 0 radical (unpaired) electrons. The van der Waals surface area contributed by atoms with Gasteiger partial charge < -0.3 is 4.90 Å². The molecule has 2 nitrogen and oxygen atoms in total. The summed E-state index contributed by atoms with van der Waals surface area (Å²) in [6.45, 7) is 5.96. The quantitative estimate of drug-likeness (QED) is 0.827. The van der Waals surface area contributed by atoms with Crippen molar-refractivity contribution in [1.82, 2.24) is 9.88 Å². The molecule has 3 rings (SSSR count). The topological polar surface area (TPSA) is 16.1 Å². The molecule has 2 aromatic rings. The van der Waals surface area contributed by atoms with E-state index in [0.29, 0.717) is 5.92 Å². The third-order valence-electron chi connectivity index (χ3n) is 4.22. The number of nitrogens with zero attached hydrogens (tertiary/aromatic N) is 2. The molecule has 0 aliphatic carbocycles. The van der Waals surface area contributed by atoms with E-state index in [1.165, 1.54) is 55.4 Å². The van der Waals surface area contributed by atoms with Gasteiger partial charge in [0.25, 0.3) is 0 Å². The van der Waals surface area contributed by atoms with E-state index in [1.54, 1.807) is 0 Å². The second kappa shape index (κ2) is 5.70. The van der Waals surface area contributed by atoms with Gasteiger partial charge in [0.1, 0.15) is 0 Å². The minimum atomic E-state index is 0.638. The Morgan fingerprint density at radius 1 is 1.16 bits per heavy atom. The smallest absolute Gasteiger partial charge is 0.0513 e. The second-order valence-electron chi connectivity index (χ2n) is 5.53. The Hall–Kier alpha value is -1.41. The van der Waals surface area contributed by atoms with Crippen LogP contribution in [0.1, 0.15) is 37.8 Å². The maximum atomic E-state index is 4.68. The molecule has 0 amide bonds. The first-order valence-electron chi connectivity index (χ1n) is 7.44. The Kier molecular flexibility index (Phi) is 3.79. The van der Waals surface area contributed by atoms with Gasteiger partial charge in [-0.1, -0.05) is 31.2 Å². The summed E-state index contributed by atoms with van der Waals surface area (Å²) in [6.07, 6.45) is 5.73. The summed E-state index contributed by atoms with van der Waals surface area (Å²) in [5, 5.41) is 2.67. The average molecular weight is 254 g/mol. The second-order valence-corrected chi connectivity index (χ2v) is 5.53. The summed E-state index contributed by atoms with van der Waals surface area (Å²) in [5.74, 6) is 0.638. The predicted molar refractivity (Wildman–Crippen MR) is 80.4 cm³/mol. The third kappa shape index (κ3) is 2.64. The van der Waals surface area contributed by atoms with Crippen LogP contribution in [0.5, 0.6) is 0 Å². The Bertz CT molecular complexity index is 536. The van der Waals surface area contributed by atoms with Crippen molar-refractivity contribution in [3.05, 3.63) is 42.2 Å². The zero-order chi connectivity index (χ0) is 13.1. The van der Waals surface area contributed by atoms with E-state index < -0.39 is 0 Å². The summed E-state index contributed by atoms with van der Waals surface area (Å²) in [5.41, 5.74) is 1.31. The molecule has 100 valence electrons. The van der Waals surface area contributed by atoms with Crippen LogP contribution in [0.3, 0.4) is 0 Å². The molecule has 0 unspecified atom stereocenters. The van der Waals surface area contributed by atoms with Gasteiger partial charge in [-0.25, -0.2) is 0 Å². The molecule has 0 N–H and O–H groups in total. The van der Waals surface area contributed by atoms with Crippen LogP contribution in [0.25, 0.3) is 10.8 Å². The molecule has 19 heavy (non-hydrogen) atoms. The number of benzene rings is 1. The van der Waals surface area contributed by atoms with Crippen molar-refractivity contribution >= 4 is 10.8 Å². The van der Waals surface area contributed by atoms with Gasteiger partial charge >= 0.3 is 0 Å². The largest absolute Gasteiger partial charge is 0.303 e. The standard InChI is InChI=1S/C17H22N2/c1-2-11-19-12-8-15(9-13-19)17-16-6-4-3-5-14(16)7-10-18-17/h3-7,10,15H,2,8-9,11-13H2,1H3. The molecule has 1 aromatic heterocycles. The molecule has 0 atom stereocenters. The highest BCUT2D eigenvalue weighted by molar-refractivity contribution is 5.84. The number of pyridine rings is 1. The number of piperidine rings is 1. The lowest BCUT2D eigenvalue weighted by molar-refractivity contribution is 0.212. The molecular formula is C17H22N2. The van der Waals surface area contributed by atoms with Crippen molar-refractivity contribution in [3.63, 3.8) is 0 Å². The molecular weight excluding hydrogens is 232 g/mol. The predicted octanol–water partition coefficient (Wildman–Crippen LogP) is 3.82. The van der Waals surface area contributed by atoms with Gasteiger partial charge in [-0.3, -0.25) is 4.98 Å².